The minimum Gasteiger partial charge on any atom is -0.457 e. The monoisotopic (exact) mass is 612 g/mol. The molecule has 9 nitrogen and oxygen atoms in total. The van der Waals surface area contributed by atoms with E-state index in [1.807, 2.05) is 66.1 Å². The molecule has 0 saturated carbocycles. The van der Waals surface area contributed by atoms with Crippen molar-refractivity contribution in [2.75, 3.05) is 26.7 Å². The smallest absolute Gasteiger partial charge is 0.282 e. The maximum Gasteiger partial charge on any atom is 0.282 e. The standard InChI is InChI=1S/C33H33FN6O3S/c1-20-18-24(43-23-9-5-4-6-10-23)11-12-26(20)40-21(2)37-29-28-27(40)14-16-36-32(28)44-30(29)31(41)38-22-8-7-17-39(19-22)33(42)25(34)13-15-35-3/h4-6,9-14,16,18,22,35,37H,2,7-8,15,17,19H2,1,3H3,(H,38,41)/b25-13-/t22-/m1/s1. The van der Waals surface area contributed by atoms with Gasteiger partial charge in [-0.15, -0.1) is 11.3 Å². The SMILES string of the molecule is C=c1[nH]c2c(C(=O)N[C@@H]3CCCN(C(=O)/C(F)=C/CNC)C3)sc3nccc(c32)n1-c1ccc(Oc2ccccc2)cc1C. The molecule has 3 N–H and O–H groups in total. The van der Waals surface area contributed by atoms with Crippen molar-refractivity contribution in [1.29, 1.82) is 0 Å². The number of amides is 2. The number of ether oxygens (including phenoxy) is 1. The summed E-state index contributed by atoms with van der Waals surface area (Å²) in [6.07, 6.45) is 4.32. The Morgan fingerprint density at radius 2 is 2.02 bits per heavy atom. The van der Waals surface area contributed by atoms with E-state index in [1.54, 1.807) is 13.2 Å². The number of likely N-dealkylation sites (N-methyl/N-ethyl adjacent to an activating group) is 1. The Morgan fingerprint density at radius 1 is 1.20 bits per heavy atom. The van der Waals surface area contributed by atoms with Gasteiger partial charge in [-0.2, -0.15) is 0 Å². The fourth-order valence-electron chi connectivity index (χ4n) is 5.62. The number of aromatic nitrogens is 3. The molecule has 2 amide bonds. The first kappa shape index (κ1) is 29.3. The molecule has 6 rings (SSSR count). The van der Waals surface area contributed by atoms with E-state index < -0.39 is 11.7 Å². The van der Waals surface area contributed by atoms with Crippen molar-refractivity contribution in [2.24, 2.45) is 0 Å². The average molecular weight is 613 g/mol. The van der Waals surface area contributed by atoms with Crippen LogP contribution >= 0.6 is 11.3 Å². The van der Waals surface area contributed by atoms with Gasteiger partial charge in [0.15, 0.2) is 5.83 Å². The van der Waals surface area contributed by atoms with Crippen LogP contribution in [0.3, 0.4) is 0 Å². The minimum absolute atomic E-state index is 0.242. The molecule has 44 heavy (non-hydrogen) atoms. The Bertz CT molecular complexity index is 1940. The molecule has 1 fully saturated rings. The predicted octanol–water partition coefficient (Wildman–Crippen LogP) is 5.15. The summed E-state index contributed by atoms with van der Waals surface area (Å²) in [6, 6.07) is 17.1. The highest BCUT2D eigenvalue weighted by Gasteiger charge is 2.28. The molecule has 1 saturated heterocycles. The molecule has 1 atom stereocenters. The van der Waals surface area contributed by atoms with Crippen LogP contribution in [0.15, 0.2) is 72.7 Å². The van der Waals surface area contributed by atoms with Crippen LogP contribution < -0.4 is 20.9 Å². The number of carbonyl (C=O) groups excluding carboxylic acids is 2. The molecule has 226 valence electrons. The Kier molecular flexibility index (Phi) is 8.32. The van der Waals surface area contributed by atoms with Crippen molar-refractivity contribution in [2.45, 2.75) is 25.8 Å². The first-order chi connectivity index (χ1) is 21.3. The number of nitrogens with one attached hydrogen (secondary N) is 3. The van der Waals surface area contributed by atoms with Gasteiger partial charge in [0.25, 0.3) is 11.8 Å². The van der Waals surface area contributed by atoms with Gasteiger partial charge in [0.2, 0.25) is 0 Å². The number of nitrogens with zero attached hydrogens (tertiary/aromatic N) is 3. The van der Waals surface area contributed by atoms with Gasteiger partial charge in [0.1, 0.15) is 26.7 Å². The summed E-state index contributed by atoms with van der Waals surface area (Å²) in [5.41, 5.74) is 4.01. The minimum atomic E-state index is -0.792. The highest BCUT2D eigenvalue weighted by atomic mass is 32.1. The number of aryl methyl sites for hydroxylation is 1. The van der Waals surface area contributed by atoms with Crippen LogP contribution in [-0.4, -0.2) is 64.0 Å². The van der Waals surface area contributed by atoms with Crippen LogP contribution in [0, 0.1) is 6.92 Å². The van der Waals surface area contributed by atoms with E-state index >= 15 is 0 Å². The molecule has 1 aliphatic rings. The lowest BCUT2D eigenvalue weighted by atomic mass is 10.1. The highest BCUT2D eigenvalue weighted by Crippen LogP contribution is 2.34. The summed E-state index contributed by atoms with van der Waals surface area (Å²) in [6.45, 7) is 7.27. The fraction of sp³-hybridized carbons (Fsp3) is 0.242. The molecule has 0 radical (unpaired) electrons. The predicted molar refractivity (Wildman–Crippen MR) is 172 cm³/mol. The number of hydrogen-bond acceptors (Lipinski definition) is 6. The number of H-pyrrole nitrogens is 1. The number of carbonyl (C=O) groups is 2. The van der Waals surface area contributed by atoms with Crippen molar-refractivity contribution >= 4 is 51.0 Å². The number of likely N-dealkylation sites (tertiary alicyclic amines) is 1. The van der Waals surface area contributed by atoms with E-state index in [0.717, 1.165) is 33.7 Å². The van der Waals surface area contributed by atoms with E-state index in [0.29, 0.717) is 40.1 Å². The molecular formula is C33H33FN6O3S. The number of thiophene rings is 1. The van der Waals surface area contributed by atoms with E-state index in [2.05, 4.69) is 27.2 Å². The molecule has 5 aromatic rings. The Morgan fingerprint density at radius 3 is 2.80 bits per heavy atom. The summed E-state index contributed by atoms with van der Waals surface area (Å²) >= 11 is 1.30. The molecule has 0 aliphatic carbocycles. The number of halogens is 1. The van der Waals surface area contributed by atoms with Crippen LogP contribution in [0.5, 0.6) is 11.5 Å². The zero-order valence-electron chi connectivity index (χ0n) is 24.5. The Labute approximate surface area is 257 Å². The van der Waals surface area contributed by atoms with Gasteiger partial charge in [-0.05, 0) is 74.9 Å². The summed E-state index contributed by atoms with van der Waals surface area (Å²) in [7, 11) is 1.68. The number of para-hydroxylation sites is 1. The zero-order valence-corrected chi connectivity index (χ0v) is 25.3. The van der Waals surface area contributed by atoms with Crippen molar-refractivity contribution < 1.29 is 18.7 Å². The van der Waals surface area contributed by atoms with Crippen molar-refractivity contribution in [3.05, 3.63) is 88.6 Å². The van der Waals surface area contributed by atoms with Crippen LogP contribution in [0.1, 0.15) is 28.1 Å². The van der Waals surface area contributed by atoms with Gasteiger partial charge in [-0.25, -0.2) is 9.37 Å². The fourth-order valence-corrected chi connectivity index (χ4v) is 6.64. The molecule has 0 unspecified atom stereocenters. The Balaban J connectivity index is 1.28. The molecule has 2 aromatic carbocycles. The van der Waals surface area contributed by atoms with Gasteiger partial charge >= 0.3 is 0 Å². The van der Waals surface area contributed by atoms with Gasteiger partial charge in [-0.3, -0.25) is 14.2 Å². The third kappa shape index (κ3) is 5.76. The van der Waals surface area contributed by atoms with E-state index in [1.165, 1.54) is 22.3 Å². The van der Waals surface area contributed by atoms with Gasteiger partial charge in [0.05, 0.1) is 22.1 Å². The molecule has 0 bridgehead atoms. The van der Waals surface area contributed by atoms with E-state index in [9.17, 15) is 14.0 Å². The lowest BCUT2D eigenvalue weighted by Crippen LogP contribution is -2.49. The van der Waals surface area contributed by atoms with Crippen molar-refractivity contribution in [3.63, 3.8) is 0 Å². The van der Waals surface area contributed by atoms with Crippen LogP contribution in [0.2, 0.25) is 0 Å². The lowest BCUT2D eigenvalue weighted by Gasteiger charge is -2.32. The number of pyridine rings is 1. The number of hydrogen-bond donors (Lipinski definition) is 3. The molecule has 4 heterocycles. The second-order valence-electron chi connectivity index (χ2n) is 10.8. The topological polar surface area (TPSA) is 104 Å². The summed E-state index contributed by atoms with van der Waals surface area (Å²) in [5, 5.41) is 6.70. The van der Waals surface area contributed by atoms with Crippen molar-refractivity contribution in [3.8, 4) is 17.2 Å². The largest absolute Gasteiger partial charge is 0.457 e. The number of rotatable bonds is 8. The summed E-state index contributed by atoms with van der Waals surface area (Å²) < 4.78 is 22.4. The van der Waals surface area contributed by atoms with E-state index in [-0.39, 0.29) is 25.0 Å². The second-order valence-corrected chi connectivity index (χ2v) is 11.8. The summed E-state index contributed by atoms with van der Waals surface area (Å²) in [5.74, 6) is -0.235. The first-order valence-corrected chi connectivity index (χ1v) is 15.3. The van der Waals surface area contributed by atoms with Crippen LogP contribution in [0.4, 0.5) is 4.39 Å². The van der Waals surface area contributed by atoms with Gasteiger partial charge in [-0.1, -0.05) is 24.8 Å². The number of benzene rings is 2. The maximum absolute atomic E-state index is 14.3. The zero-order chi connectivity index (χ0) is 30.8. The molecular weight excluding hydrogens is 579 g/mol. The molecule has 1 aliphatic heterocycles. The molecule has 3 aromatic heterocycles. The van der Waals surface area contributed by atoms with Gasteiger partial charge < -0.3 is 25.3 Å². The van der Waals surface area contributed by atoms with E-state index in [4.69, 9.17) is 4.74 Å². The quantitative estimate of drug-likeness (QED) is 0.210. The Hall–Kier alpha value is -4.74. The van der Waals surface area contributed by atoms with Crippen molar-refractivity contribution in [1.82, 2.24) is 30.1 Å². The number of piperidine rings is 1. The number of aromatic amines is 1. The van der Waals surface area contributed by atoms with Crippen LogP contribution in [-0.2, 0) is 4.79 Å². The van der Waals surface area contributed by atoms with Crippen LogP contribution in [0.25, 0.3) is 33.5 Å². The molecule has 0 spiro atoms. The lowest BCUT2D eigenvalue weighted by molar-refractivity contribution is -0.130. The second kappa shape index (κ2) is 12.5. The molecule has 11 heteroatoms. The third-order valence-corrected chi connectivity index (χ3v) is 8.77. The average Bonchev–Trinajstić information content (AvgIpc) is 3.40. The highest BCUT2D eigenvalue weighted by molar-refractivity contribution is 7.21. The summed E-state index contributed by atoms with van der Waals surface area (Å²) in [4.78, 5) is 36.8. The third-order valence-electron chi connectivity index (χ3n) is 7.68. The van der Waals surface area contributed by atoms with Gasteiger partial charge in [0, 0.05) is 31.9 Å². The maximum atomic E-state index is 14.3. The normalized spacial score (nSPS) is 15.6. The first-order valence-electron chi connectivity index (χ1n) is 14.5.